The smallest absolute Gasteiger partial charge is 0.409 e. The van der Waals surface area contributed by atoms with Crippen LogP contribution in [0, 0.1) is 0 Å². The number of alkyl carbamates (subject to hydrolysis) is 1. The lowest BCUT2D eigenvalue weighted by atomic mass is 10.1. The second kappa shape index (κ2) is 6.19. The Morgan fingerprint density at radius 2 is 2.07 bits per heavy atom. The lowest BCUT2D eigenvalue weighted by molar-refractivity contribution is -0.0911. The molecule has 1 amide bonds. The van der Waals surface area contributed by atoms with Gasteiger partial charge in [0.25, 0.3) is 0 Å². The van der Waals surface area contributed by atoms with Crippen molar-refractivity contribution in [1.82, 2.24) is 5.32 Å². The molecular formula is C9H20N2O3S. The number of hydrogen-bond acceptors (Lipinski definition) is 5. The van der Waals surface area contributed by atoms with Gasteiger partial charge in [-0.05, 0) is 27.7 Å². The molecule has 0 bridgehead atoms. The fourth-order valence-corrected chi connectivity index (χ4v) is 0.841. The van der Waals surface area contributed by atoms with Crippen molar-refractivity contribution in [2.75, 3.05) is 6.61 Å². The Hall–Kier alpha value is -0.460. The number of nitrogens with two attached hydrogens (primary N) is 1. The SMILES string of the molecule is CC(OCC(N)S)OC(=O)NC(C)(C)C. The van der Waals surface area contributed by atoms with Gasteiger partial charge in [-0.3, -0.25) is 0 Å². The third-order valence-corrected chi connectivity index (χ3v) is 1.40. The lowest BCUT2D eigenvalue weighted by Crippen LogP contribution is -2.42. The van der Waals surface area contributed by atoms with Gasteiger partial charge in [0.15, 0.2) is 0 Å². The summed E-state index contributed by atoms with van der Waals surface area (Å²) in [6.45, 7) is 7.45. The number of amides is 1. The van der Waals surface area contributed by atoms with Crippen molar-refractivity contribution in [1.29, 1.82) is 0 Å². The van der Waals surface area contributed by atoms with Crippen LogP contribution in [0.5, 0.6) is 0 Å². The molecular weight excluding hydrogens is 216 g/mol. The molecule has 0 aromatic carbocycles. The molecule has 0 aliphatic rings. The van der Waals surface area contributed by atoms with Crippen LogP contribution < -0.4 is 11.1 Å². The van der Waals surface area contributed by atoms with Gasteiger partial charge in [-0.2, -0.15) is 12.6 Å². The number of nitrogens with one attached hydrogen (secondary N) is 1. The molecule has 5 nitrogen and oxygen atoms in total. The summed E-state index contributed by atoms with van der Waals surface area (Å²) >= 11 is 3.93. The van der Waals surface area contributed by atoms with Gasteiger partial charge >= 0.3 is 6.09 Å². The maximum atomic E-state index is 11.3. The highest BCUT2D eigenvalue weighted by molar-refractivity contribution is 7.80. The molecule has 6 heteroatoms. The summed E-state index contributed by atoms with van der Waals surface area (Å²) in [7, 11) is 0. The van der Waals surface area contributed by atoms with Gasteiger partial charge in [-0.1, -0.05) is 0 Å². The third kappa shape index (κ3) is 9.84. The largest absolute Gasteiger partial charge is 0.420 e. The van der Waals surface area contributed by atoms with Crippen molar-refractivity contribution in [2.45, 2.75) is 44.9 Å². The Balaban J connectivity index is 3.77. The molecule has 0 aliphatic heterocycles. The van der Waals surface area contributed by atoms with Crippen LogP contribution in [0.3, 0.4) is 0 Å². The third-order valence-electron chi connectivity index (χ3n) is 1.25. The topological polar surface area (TPSA) is 73.6 Å². The van der Waals surface area contributed by atoms with E-state index >= 15 is 0 Å². The molecule has 0 aromatic rings. The maximum absolute atomic E-state index is 11.3. The predicted octanol–water partition coefficient (Wildman–Crippen LogP) is 1.09. The molecule has 0 rings (SSSR count). The molecule has 0 radical (unpaired) electrons. The molecule has 0 heterocycles. The van der Waals surface area contributed by atoms with E-state index in [1.54, 1.807) is 6.92 Å². The quantitative estimate of drug-likeness (QED) is 0.504. The minimum atomic E-state index is -0.634. The highest BCUT2D eigenvalue weighted by atomic mass is 32.1. The monoisotopic (exact) mass is 236 g/mol. The molecule has 2 atom stereocenters. The predicted molar refractivity (Wildman–Crippen MR) is 61.7 cm³/mol. The van der Waals surface area contributed by atoms with Gasteiger partial charge in [-0.15, -0.1) is 0 Å². The molecule has 90 valence electrons. The first-order valence-electron chi connectivity index (χ1n) is 4.75. The molecule has 0 saturated carbocycles. The molecule has 0 saturated heterocycles. The maximum Gasteiger partial charge on any atom is 0.409 e. The van der Waals surface area contributed by atoms with Crippen LogP contribution >= 0.6 is 12.6 Å². The van der Waals surface area contributed by atoms with E-state index in [4.69, 9.17) is 15.2 Å². The first kappa shape index (κ1) is 14.5. The molecule has 15 heavy (non-hydrogen) atoms. The van der Waals surface area contributed by atoms with Gasteiger partial charge in [0.05, 0.1) is 12.0 Å². The van der Waals surface area contributed by atoms with Crippen LogP contribution in [0.1, 0.15) is 27.7 Å². The average Bonchev–Trinajstić information content (AvgIpc) is 1.96. The van der Waals surface area contributed by atoms with Crippen LogP contribution in [-0.4, -0.2) is 29.9 Å². The van der Waals surface area contributed by atoms with Crippen molar-refractivity contribution in [2.24, 2.45) is 5.73 Å². The van der Waals surface area contributed by atoms with E-state index in [1.807, 2.05) is 20.8 Å². The van der Waals surface area contributed by atoms with Gasteiger partial charge in [0.2, 0.25) is 6.29 Å². The van der Waals surface area contributed by atoms with E-state index in [0.717, 1.165) is 0 Å². The Morgan fingerprint density at radius 1 is 1.53 bits per heavy atom. The highest BCUT2D eigenvalue weighted by Gasteiger charge is 2.17. The number of thiol groups is 1. The first-order chi connectivity index (χ1) is 6.70. The Labute approximate surface area is 96.1 Å². The van der Waals surface area contributed by atoms with E-state index in [-0.39, 0.29) is 17.5 Å². The molecule has 2 unspecified atom stereocenters. The highest BCUT2D eigenvalue weighted by Crippen LogP contribution is 2.02. The zero-order chi connectivity index (χ0) is 12.1. The van der Waals surface area contributed by atoms with E-state index in [0.29, 0.717) is 0 Å². The molecule has 0 aliphatic carbocycles. The Kier molecular flexibility index (Phi) is 6.00. The molecule has 0 spiro atoms. The number of carbonyl (C=O) groups excluding carboxylic acids is 1. The van der Waals surface area contributed by atoms with Gasteiger partial charge < -0.3 is 20.5 Å². The lowest BCUT2D eigenvalue weighted by Gasteiger charge is -2.22. The summed E-state index contributed by atoms with van der Waals surface area (Å²) in [5.74, 6) is 0. The zero-order valence-electron chi connectivity index (χ0n) is 9.61. The molecule has 0 fully saturated rings. The summed E-state index contributed by atoms with van der Waals surface area (Å²) in [4.78, 5) is 11.3. The van der Waals surface area contributed by atoms with Gasteiger partial charge in [0, 0.05) is 5.54 Å². The standard InChI is InChI=1S/C9H20N2O3S/c1-6(13-5-7(10)15)14-8(12)11-9(2,3)4/h6-7,15H,5,10H2,1-4H3,(H,11,12). The van der Waals surface area contributed by atoms with Crippen LogP contribution in [0.15, 0.2) is 0 Å². The fourth-order valence-electron chi connectivity index (χ4n) is 0.755. The van der Waals surface area contributed by atoms with Crippen LogP contribution in [0.2, 0.25) is 0 Å². The minimum absolute atomic E-state index is 0.229. The van der Waals surface area contributed by atoms with Crippen LogP contribution in [-0.2, 0) is 9.47 Å². The van der Waals surface area contributed by atoms with Crippen molar-refractivity contribution in [3.8, 4) is 0 Å². The number of hydrogen-bond donors (Lipinski definition) is 3. The Bertz CT molecular complexity index is 204. The summed E-state index contributed by atoms with van der Waals surface area (Å²) in [5.41, 5.74) is 5.03. The van der Waals surface area contributed by atoms with E-state index in [2.05, 4.69) is 17.9 Å². The van der Waals surface area contributed by atoms with Crippen molar-refractivity contribution < 1.29 is 14.3 Å². The Morgan fingerprint density at radius 3 is 2.47 bits per heavy atom. The van der Waals surface area contributed by atoms with E-state index in [9.17, 15) is 4.79 Å². The number of ether oxygens (including phenoxy) is 2. The van der Waals surface area contributed by atoms with Crippen LogP contribution in [0.25, 0.3) is 0 Å². The summed E-state index contributed by atoms with van der Waals surface area (Å²) in [6, 6.07) is 0. The second-order valence-electron chi connectivity index (χ2n) is 4.25. The number of rotatable bonds is 4. The normalized spacial score (nSPS) is 15.6. The van der Waals surface area contributed by atoms with Gasteiger partial charge in [-0.25, -0.2) is 4.79 Å². The molecule has 0 aromatic heterocycles. The molecule has 3 N–H and O–H groups in total. The van der Waals surface area contributed by atoms with E-state index in [1.165, 1.54) is 0 Å². The van der Waals surface area contributed by atoms with Crippen molar-refractivity contribution in [3.05, 3.63) is 0 Å². The zero-order valence-corrected chi connectivity index (χ0v) is 10.5. The first-order valence-corrected chi connectivity index (χ1v) is 5.26. The summed E-state index contributed by atoms with van der Waals surface area (Å²) in [6.07, 6.45) is -1.15. The van der Waals surface area contributed by atoms with Crippen LogP contribution in [0.4, 0.5) is 4.79 Å². The summed E-state index contributed by atoms with van der Waals surface area (Å²) in [5, 5.41) is 2.27. The van der Waals surface area contributed by atoms with Crippen molar-refractivity contribution >= 4 is 18.7 Å². The second-order valence-corrected chi connectivity index (χ2v) is 4.91. The van der Waals surface area contributed by atoms with E-state index < -0.39 is 12.4 Å². The average molecular weight is 236 g/mol. The number of carbonyl (C=O) groups is 1. The summed E-state index contributed by atoms with van der Waals surface area (Å²) < 4.78 is 10.0. The van der Waals surface area contributed by atoms with Crippen molar-refractivity contribution in [3.63, 3.8) is 0 Å². The van der Waals surface area contributed by atoms with Gasteiger partial charge in [0.1, 0.15) is 0 Å². The fraction of sp³-hybridized carbons (Fsp3) is 0.889. The minimum Gasteiger partial charge on any atom is -0.420 e.